The predicted octanol–water partition coefficient (Wildman–Crippen LogP) is 2.74. The Hall–Kier alpha value is -1.22. The summed E-state index contributed by atoms with van der Waals surface area (Å²) in [7, 11) is 1.93. The molecule has 3 nitrogen and oxygen atoms in total. The van der Waals surface area contributed by atoms with Crippen LogP contribution in [0.15, 0.2) is 29.3 Å². The first-order valence-corrected chi connectivity index (χ1v) is 6.12. The lowest BCUT2D eigenvalue weighted by Crippen LogP contribution is -2.33. The van der Waals surface area contributed by atoms with Crippen LogP contribution in [-0.4, -0.2) is 24.5 Å². The van der Waals surface area contributed by atoms with E-state index in [4.69, 9.17) is 17.3 Å². The van der Waals surface area contributed by atoms with Crippen molar-refractivity contribution in [3.63, 3.8) is 0 Å². The quantitative estimate of drug-likeness (QED) is 0.662. The number of nitrogens with zero attached hydrogens (tertiary/aromatic N) is 2. The third-order valence-corrected chi connectivity index (χ3v) is 2.55. The second kappa shape index (κ2) is 6.50. The molecule has 0 aliphatic rings. The summed E-state index contributed by atoms with van der Waals surface area (Å²) in [4.78, 5) is 6.25. The SMILES string of the molecule is CC(C)CN=C(N)N(C)Cc1cccc(Cl)c1. The van der Waals surface area contributed by atoms with Crippen LogP contribution in [0, 0.1) is 5.92 Å². The fourth-order valence-corrected chi connectivity index (χ4v) is 1.60. The predicted molar refractivity (Wildman–Crippen MR) is 74.2 cm³/mol. The summed E-state index contributed by atoms with van der Waals surface area (Å²) in [5, 5.41) is 0.744. The Bertz CT molecular complexity index is 388. The molecule has 0 amide bonds. The summed E-state index contributed by atoms with van der Waals surface area (Å²) < 4.78 is 0. The fraction of sp³-hybridized carbons (Fsp3) is 0.462. The number of rotatable bonds is 4. The first-order chi connectivity index (χ1) is 7.99. The number of hydrogen-bond acceptors (Lipinski definition) is 1. The standard InChI is InChI=1S/C13H20ClN3/c1-10(2)8-16-13(15)17(3)9-11-5-4-6-12(14)7-11/h4-7,10H,8-9H2,1-3H3,(H2,15,16). The second-order valence-electron chi connectivity index (χ2n) is 4.58. The van der Waals surface area contributed by atoms with Gasteiger partial charge in [0.05, 0.1) is 0 Å². The molecule has 0 aliphatic carbocycles. The number of aliphatic imine (C=N–C) groups is 1. The molecule has 0 unspecified atom stereocenters. The van der Waals surface area contributed by atoms with Crippen LogP contribution >= 0.6 is 11.6 Å². The van der Waals surface area contributed by atoms with Crippen molar-refractivity contribution in [1.29, 1.82) is 0 Å². The Balaban J connectivity index is 2.59. The molecule has 4 heteroatoms. The number of benzene rings is 1. The first-order valence-electron chi connectivity index (χ1n) is 5.74. The van der Waals surface area contributed by atoms with Gasteiger partial charge in [-0.3, -0.25) is 4.99 Å². The summed E-state index contributed by atoms with van der Waals surface area (Å²) in [5.74, 6) is 1.09. The van der Waals surface area contributed by atoms with Gasteiger partial charge in [0.2, 0.25) is 0 Å². The topological polar surface area (TPSA) is 41.6 Å². The molecule has 17 heavy (non-hydrogen) atoms. The zero-order valence-corrected chi connectivity index (χ0v) is 11.4. The van der Waals surface area contributed by atoms with E-state index in [-0.39, 0.29) is 0 Å². The van der Waals surface area contributed by atoms with Crippen molar-refractivity contribution in [2.75, 3.05) is 13.6 Å². The summed E-state index contributed by atoms with van der Waals surface area (Å²) in [6, 6.07) is 7.76. The van der Waals surface area contributed by atoms with Gasteiger partial charge in [-0.2, -0.15) is 0 Å². The third-order valence-electron chi connectivity index (χ3n) is 2.32. The molecule has 0 saturated heterocycles. The first kappa shape index (κ1) is 13.8. The van der Waals surface area contributed by atoms with Crippen LogP contribution in [-0.2, 0) is 6.54 Å². The van der Waals surface area contributed by atoms with Crippen molar-refractivity contribution in [3.05, 3.63) is 34.9 Å². The Morgan fingerprint density at radius 3 is 2.76 bits per heavy atom. The van der Waals surface area contributed by atoms with E-state index in [2.05, 4.69) is 18.8 Å². The van der Waals surface area contributed by atoms with Crippen molar-refractivity contribution in [1.82, 2.24) is 4.90 Å². The minimum atomic E-state index is 0.521. The fourth-order valence-electron chi connectivity index (χ4n) is 1.39. The molecule has 0 radical (unpaired) electrons. The minimum absolute atomic E-state index is 0.521. The van der Waals surface area contributed by atoms with E-state index in [1.54, 1.807) is 0 Å². The highest BCUT2D eigenvalue weighted by Crippen LogP contribution is 2.11. The van der Waals surface area contributed by atoms with Gasteiger partial charge in [-0.25, -0.2) is 0 Å². The molecule has 2 N–H and O–H groups in total. The Morgan fingerprint density at radius 2 is 2.18 bits per heavy atom. The van der Waals surface area contributed by atoms with Crippen molar-refractivity contribution in [2.24, 2.45) is 16.6 Å². The molecule has 1 aromatic rings. The van der Waals surface area contributed by atoms with E-state index in [0.717, 1.165) is 17.1 Å². The lowest BCUT2D eigenvalue weighted by molar-refractivity contribution is 0.489. The summed E-state index contributed by atoms with van der Waals surface area (Å²) >= 11 is 5.93. The Kier molecular flexibility index (Phi) is 5.29. The number of guanidine groups is 1. The normalized spacial score (nSPS) is 11.9. The third kappa shape index (κ3) is 5.09. The molecular formula is C13H20ClN3. The highest BCUT2D eigenvalue weighted by Gasteiger charge is 2.03. The van der Waals surface area contributed by atoms with E-state index in [1.807, 2.05) is 36.2 Å². The molecule has 1 aromatic carbocycles. The van der Waals surface area contributed by atoms with Crippen LogP contribution in [0.2, 0.25) is 5.02 Å². The Morgan fingerprint density at radius 1 is 1.47 bits per heavy atom. The molecule has 0 saturated carbocycles. The molecule has 0 spiro atoms. The number of hydrogen-bond donors (Lipinski definition) is 1. The van der Waals surface area contributed by atoms with E-state index >= 15 is 0 Å². The van der Waals surface area contributed by atoms with Gasteiger partial charge in [-0.1, -0.05) is 37.6 Å². The molecule has 94 valence electrons. The van der Waals surface area contributed by atoms with Gasteiger partial charge < -0.3 is 10.6 Å². The van der Waals surface area contributed by atoms with Crippen LogP contribution in [0.4, 0.5) is 0 Å². The van der Waals surface area contributed by atoms with Crippen LogP contribution in [0.25, 0.3) is 0 Å². The molecule has 0 fully saturated rings. The van der Waals surface area contributed by atoms with Crippen LogP contribution in [0.3, 0.4) is 0 Å². The maximum absolute atomic E-state index is 5.93. The van der Waals surface area contributed by atoms with Gasteiger partial charge in [-0.15, -0.1) is 0 Å². The van der Waals surface area contributed by atoms with Crippen molar-refractivity contribution in [3.8, 4) is 0 Å². The molecule has 0 aliphatic heterocycles. The smallest absolute Gasteiger partial charge is 0.191 e. The average molecular weight is 254 g/mol. The number of nitrogens with two attached hydrogens (primary N) is 1. The summed E-state index contributed by atoms with van der Waals surface area (Å²) in [6.45, 7) is 5.71. The van der Waals surface area contributed by atoms with Gasteiger partial charge in [0.1, 0.15) is 0 Å². The molecule has 0 bridgehead atoms. The van der Waals surface area contributed by atoms with Crippen LogP contribution < -0.4 is 5.73 Å². The molecule has 0 atom stereocenters. The van der Waals surface area contributed by atoms with E-state index in [1.165, 1.54) is 0 Å². The van der Waals surface area contributed by atoms with Crippen LogP contribution in [0.5, 0.6) is 0 Å². The maximum atomic E-state index is 5.93. The Labute approximate surface area is 108 Å². The van der Waals surface area contributed by atoms with Crippen molar-refractivity contribution >= 4 is 17.6 Å². The zero-order chi connectivity index (χ0) is 12.8. The lowest BCUT2D eigenvalue weighted by Gasteiger charge is -2.18. The number of halogens is 1. The summed E-state index contributed by atoms with van der Waals surface area (Å²) in [5.41, 5.74) is 7.02. The minimum Gasteiger partial charge on any atom is -0.370 e. The highest BCUT2D eigenvalue weighted by molar-refractivity contribution is 6.30. The van der Waals surface area contributed by atoms with Gasteiger partial charge in [-0.05, 0) is 23.6 Å². The molecule has 1 rings (SSSR count). The average Bonchev–Trinajstić information content (AvgIpc) is 2.25. The zero-order valence-electron chi connectivity index (χ0n) is 10.7. The lowest BCUT2D eigenvalue weighted by atomic mass is 10.2. The van der Waals surface area contributed by atoms with Gasteiger partial charge in [0.15, 0.2) is 5.96 Å². The molecular weight excluding hydrogens is 234 g/mol. The second-order valence-corrected chi connectivity index (χ2v) is 5.02. The van der Waals surface area contributed by atoms with E-state index < -0.39 is 0 Å². The van der Waals surface area contributed by atoms with Gasteiger partial charge >= 0.3 is 0 Å². The highest BCUT2D eigenvalue weighted by atomic mass is 35.5. The van der Waals surface area contributed by atoms with E-state index in [9.17, 15) is 0 Å². The van der Waals surface area contributed by atoms with E-state index in [0.29, 0.717) is 18.4 Å². The summed E-state index contributed by atoms with van der Waals surface area (Å²) in [6.07, 6.45) is 0. The monoisotopic (exact) mass is 253 g/mol. The van der Waals surface area contributed by atoms with Crippen molar-refractivity contribution < 1.29 is 0 Å². The van der Waals surface area contributed by atoms with Gasteiger partial charge in [0.25, 0.3) is 0 Å². The largest absolute Gasteiger partial charge is 0.370 e. The van der Waals surface area contributed by atoms with Gasteiger partial charge in [0, 0.05) is 25.2 Å². The molecule has 0 heterocycles. The van der Waals surface area contributed by atoms with Crippen LogP contribution in [0.1, 0.15) is 19.4 Å². The molecule has 0 aromatic heterocycles. The maximum Gasteiger partial charge on any atom is 0.191 e. The van der Waals surface area contributed by atoms with Crippen molar-refractivity contribution in [2.45, 2.75) is 20.4 Å².